The molecular formula is C12H9Br4NS. The van der Waals surface area contributed by atoms with Gasteiger partial charge in [-0.05, 0) is 79.0 Å². The highest BCUT2D eigenvalue weighted by molar-refractivity contribution is 9.12. The topological polar surface area (TPSA) is 12.0 Å². The number of anilines is 1. The molecule has 0 spiro atoms. The summed E-state index contributed by atoms with van der Waals surface area (Å²) in [5.74, 6) is 0. The second kappa shape index (κ2) is 6.39. The van der Waals surface area contributed by atoms with Gasteiger partial charge in [-0.2, -0.15) is 0 Å². The highest BCUT2D eigenvalue weighted by Crippen LogP contribution is 2.37. The molecule has 0 aliphatic heterocycles. The zero-order chi connectivity index (χ0) is 13.3. The van der Waals surface area contributed by atoms with Crippen LogP contribution in [0.1, 0.15) is 17.8 Å². The fourth-order valence-electron chi connectivity index (χ4n) is 1.53. The molecule has 2 aromatic rings. The summed E-state index contributed by atoms with van der Waals surface area (Å²) in [5, 5.41) is 3.51. The van der Waals surface area contributed by atoms with E-state index in [9.17, 15) is 0 Å². The smallest absolute Gasteiger partial charge is 0.0702 e. The van der Waals surface area contributed by atoms with E-state index in [1.807, 2.05) is 12.1 Å². The predicted octanol–water partition coefficient (Wildman–Crippen LogP) is 6.97. The van der Waals surface area contributed by atoms with Gasteiger partial charge in [0.25, 0.3) is 0 Å². The van der Waals surface area contributed by atoms with E-state index in [2.05, 4.69) is 88.1 Å². The molecule has 1 unspecified atom stereocenters. The second-order valence-electron chi connectivity index (χ2n) is 3.75. The third kappa shape index (κ3) is 3.60. The Hall–Kier alpha value is 0.640. The molecule has 2 rings (SSSR count). The van der Waals surface area contributed by atoms with Crippen molar-refractivity contribution in [3.8, 4) is 0 Å². The molecule has 0 saturated heterocycles. The number of halogens is 4. The monoisotopic (exact) mass is 515 g/mol. The molecular weight excluding hydrogens is 510 g/mol. The molecule has 0 saturated carbocycles. The van der Waals surface area contributed by atoms with Crippen LogP contribution in [0.3, 0.4) is 0 Å². The maximum atomic E-state index is 3.58. The van der Waals surface area contributed by atoms with Crippen LogP contribution in [-0.2, 0) is 0 Å². The summed E-state index contributed by atoms with van der Waals surface area (Å²) in [5.41, 5.74) is 1.07. The summed E-state index contributed by atoms with van der Waals surface area (Å²) in [4.78, 5) is 1.29. The number of benzene rings is 1. The van der Waals surface area contributed by atoms with E-state index >= 15 is 0 Å². The van der Waals surface area contributed by atoms with Gasteiger partial charge in [-0.3, -0.25) is 0 Å². The minimum Gasteiger partial charge on any atom is -0.376 e. The molecule has 96 valence electrons. The summed E-state index contributed by atoms with van der Waals surface area (Å²) in [6.07, 6.45) is 0. The van der Waals surface area contributed by atoms with E-state index in [0.29, 0.717) is 0 Å². The molecule has 1 nitrogen and oxygen atoms in total. The molecule has 1 N–H and O–H groups in total. The largest absolute Gasteiger partial charge is 0.376 e. The van der Waals surface area contributed by atoms with E-state index < -0.39 is 0 Å². The van der Waals surface area contributed by atoms with Crippen LogP contribution in [0.2, 0.25) is 0 Å². The summed E-state index contributed by atoms with van der Waals surface area (Å²) in [6.45, 7) is 2.15. The van der Waals surface area contributed by atoms with Crippen LogP contribution in [0, 0.1) is 0 Å². The third-order valence-electron chi connectivity index (χ3n) is 2.39. The van der Waals surface area contributed by atoms with Crippen LogP contribution in [0.4, 0.5) is 5.69 Å². The van der Waals surface area contributed by atoms with Gasteiger partial charge in [0.2, 0.25) is 0 Å². The van der Waals surface area contributed by atoms with E-state index in [4.69, 9.17) is 0 Å². The Kier molecular flexibility index (Phi) is 5.34. The molecule has 1 heterocycles. The lowest BCUT2D eigenvalue weighted by molar-refractivity contribution is 0.905. The van der Waals surface area contributed by atoms with E-state index in [0.717, 1.165) is 22.9 Å². The Morgan fingerprint density at radius 3 is 2.17 bits per heavy atom. The van der Waals surface area contributed by atoms with Crippen LogP contribution in [-0.4, -0.2) is 0 Å². The van der Waals surface area contributed by atoms with E-state index in [-0.39, 0.29) is 6.04 Å². The zero-order valence-electron chi connectivity index (χ0n) is 9.31. The van der Waals surface area contributed by atoms with Crippen molar-refractivity contribution in [3.63, 3.8) is 0 Å². The molecule has 1 atom stereocenters. The Labute approximate surface area is 144 Å². The molecule has 0 radical (unpaired) electrons. The van der Waals surface area contributed by atoms with Crippen molar-refractivity contribution < 1.29 is 0 Å². The van der Waals surface area contributed by atoms with Crippen molar-refractivity contribution in [2.75, 3.05) is 5.32 Å². The molecule has 0 amide bonds. The predicted molar refractivity (Wildman–Crippen MR) is 93.6 cm³/mol. The molecule has 0 fully saturated rings. The fraction of sp³-hybridized carbons (Fsp3) is 0.167. The van der Waals surface area contributed by atoms with Crippen molar-refractivity contribution >= 4 is 80.7 Å². The van der Waals surface area contributed by atoms with Gasteiger partial charge in [-0.1, -0.05) is 15.9 Å². The molecule has 0 bridgehead atoms. The lowest BCUT2D eigenvalue weighted by Gasteiger charge is -2.17. The molecule has 6 heteroatoms. The minimum atomic E-state index is 0.259. The van der Waals surface area contributed by atoms with Crippen LogP contribution in [0.25, 0.3) is 0 Å². The quantitative estimate of drug-likeness (QED) is 0.463. The maximum Gasteiger partial charge on any atom is 0.0702 e. The van der Waals surface area contributed by atoms with Crippen LogP contribution in [0.5, 0.6) is 0 Å². The first kappa shape index (κ1) is 15.0. The first-order valence-electron chi connectivity index (χ1n) is 5.13. The standard InChI is InChI=1S/C12H9Br4NS/c1-6(10-2-3-11(16)18-10)17-12-8(14)4-7(13)5-9(12)15/h2-6,17H,1H3. The van der Waals surface area contributed by atoms with Gasteiger partial charge in [0.1, 0.15) is 0 Å². The second-order valence-corrected chi connectivity index (χ2v) is 8.87. The highest BCUT2D eigenvalue weighted by Gasteiger charge is 2.12. The number of hydrogen-bond acceptors (Lipinski definition) is 2. The van der Waals surface area contributed by atoms with Crippen molar-refractivity contribution in [2.24, 2.45) is 0 Å². The summed E-state index contributed by atoms with van der Waals surface area (Å²) < 4.78 is 4.26. The number of hydrogen-bond donors (Lipinski definition) is 1. The normalized spacial score (nSPS) is 12.5. The van der Waals surface area contributed by atoms with Gasteiger partial charge in [0.15, 0.2) is 0 Å². The molecule has 0 aliphatic carbocycles. The van der Waals surface area contributed by atoms with E-state index in [1.165, 1.54) is 4.88 Å². The number of nitrogens with one attached hydrogen (secondary N) is 1. The zero-order valence-corrected chi connectivity index (χ0v) is 16.5. The Morgan fingerprint density at radius 1 is 1.06 bits per heavy atom. The Bertz CT molecular complexity index is 544. The van der Waals surface area contributed by atoms with Gasteiger partial charge >= 0.3 is 0 Å². The van der Waals surface area contributed by atoms with Crippen LogP contribution in [0.15, 0.2) is 41.5 Å². The third-order valence-corrected chi connectivity index (χ3v) is 5.90. The van der Waals surface area contributed by atoms with Crippen LogP contribution >= 0.6 is 75.1 Å². The van der Waals surface area contributed by atoms with Gasteiger partial charge in [0.05, 0.1) is 15.5 Å². The SMILES string of the molecule is CC(Nc1c(Br)cc(Br)cc1Br)c1ccc(Br)s1. The lowest BCUT2D eigenvalue weighted by atomic mass is 10.2. The Morgan fingerprint density at radius 2 is 1.67 bits per heavy atom. The Balaban J connectivity index is 2.24. The van der Waals surface area contributed by atoms with Crippen molar-refractivity contribution in [1.29, 1.82) is 0 Å². The van der Waals surface area contributed by atoms with E-state index in [1.54, 1.807) is 11.3 Å². The summed E-state index contributed by atoms with van der Waals surface area (Å²) >= 11 is 15.9. The van der Waals surface area contributed by atoms with Gasteiger partial charge in [-0.25, -0.2) is 0 Å². The molecule has 0 aliphatic rings. The molecule has 18 heavy (non-hydrogen) atoms. The van der Waals surface area contributed by atoms with Crippen molar-refractivity contribution in [3.05, 3.63) is 46.3 Å². The van der Waals surface area contributed by atoms with Crippen molar-refractivity contribution in [2.45, 2.75) is 13.0 Å². The lowest BCUT2D eigenvalue weighted by Crippen LogP contribution is -2.06. The van der Waals surface area contributed by atoms with Gasteiger partial charge in [-0.15, -0.1) is 11.3 Å². The number of thiophene rings is 1. The highest BCUT2D eigenvalue weighted by atomic mass is 79.9. The van der Waals surface area contributed by atoms with Gasteiger partial charge in [0, 0.05) is 18.3 Å². The first-order chi connectivity index (χ1) is 8.47. The summed E-state index contributed by atoms with van der Waals surface area (Å²) in [6, 6.07) is 8.53. The fourth-order valence-corrected chi connectivity index (χ4v) is 5.44. The minimum absolute atomic E-state index is 0.259. The average Bonchev–Trinajstić information content (AvgIpc) is 2.70. The average molecular weight is 519 g/mol. The number of rotatable bonds is 3. The first-order valence-corrected chi connectivity index (χ1v) is 9.12. The van der Waals surface area contributed by atoms with Crippen molar-refractivity contribution in [1.82, 2.24) is 0 Å². The van der Waals surface area contributed by atoms with Gasteiger partial charge < -0.3 is 5.32 Å². The summed E-state index contributed by atoms with van der Waals surface area (Å²) in [7, 11) is 0. The maximum absolute atomic E-state index is 3.58. The molecule has 1 aromatic carbocycles. The molecule has 1 aromatic heterocycles. The van der Waals surface area contributed by atoms with Crippen LogP contribution < -0.4 is 5.32 Å².